The van der Waals surface area contributed by atoms with Crippen molar-refractivity contribution in [2.24, 2.45) is 0 Å². The van der Waals surface area contributed by atoms with Crippen molar-refractivity contribution in [2.75, 3.05) is 0 Å². The van der Waals surface area contributed by atoms with Gasteiger partial charge in [0.2, 0.25) is 0 Å². The normalized spacial score (nSPS) is 14.9. The Kier molecular flexibility index (Phi) is 5.91. The van der Waals surface area contributed by atoms with Crippen molar-refractivity contribution in [3.8, 4) is 11.8 Å². The van der Waals surface area contributed by atoms with Crippen molar-refractivity contribution in [1.82, 2.24) is 0 Å². The van der Waals surface area contributed by atoms with E-state index >= 15 is 0 Å². The smallest absolute Gasteiger partial charge is 0.0808 e. The van der Waals surface area contributed by atoms with Crippen LogP contribution in [0.25, 0.3) is 0 Å². The molecule has 0 aliphatic rings. The lowest BCUT2D eigenvalue weighted by molar-refractivity contribution is 0.0137. The number of hydrogen-bond acceptors (Lipinski definition) is 2. The first kappa shape index (κ1) is 10.5. The van der Waals surface area contributed by atoms with Crippen LogP contribution < -0.4 is 0 Å². The minimum absolute atomic E-state index is 0.565. The molecule has 0 aromatic rings. The highest BCUT2D eigenvalue weighted by atomic mass is 16.3. The molecular formula is C9H16O2. The monoisotopic (exact) mass is 156 g/mol. The molecule has 2 N–H and O–H groups in total. The van der Waals surface area contributed by atoms with E-state index in [2.05, 4.69) is 11.8 Å². The van der Waals surface area contributed by atoms with E-state index in [1.807, 2.05) is 6.92 Å². The molecule has 0 fully saturated rings. The lowest BCUT2D eigenvalue weighted by Crippen LogP contribution is -2.24. The van der Waals surface area contributed by atoms with Crippen LogP contribution in [0.5, 0.6) is 0 Å². The van der Waals surface area contributed by atoms with Crippen LogP contribution in [0.4, 0.5) is 0 Å². The third-order valence-corrected chi connectivity index (χ3v) is 1.60. The standard InChI is InChI=1S/C9H16O2/c1-3-5-6-7-9(11)8(10)4-2/h8-11H,4,6-7H2,1-2H3. The van der Waals surface area contributed by atoms with E-state index in [9.17, 15) is 5.11 Å². The highest BCUT2D eigenvalue weighted by Gasteiger charge is 2.12. The number of aliphatic hydroxyl groups is 2. The molecule has 0 radical (unpaired) electrons. The van der Waals surface area contributed by atoms with E-state index in [1.54, 1.807) is 6.92 Å². The molecule has 0 aromatic heterocycles. The molecule has 2 atom stereocenters. The van der Waals surface area contributed by atoms with Gasteiger partial charge in [0.25, 0.3) is 0 Å². The summed E-state index contributed by atoms with van der Waals surface area (Å²) in [5.41, 5.74) is 0. The summed E-state index contributed by atoms with van der Waals surface area (Å²) >= 11 is 0. The maximum absolute atomic E-state index is 9.23. The number of aliphatic hydroxyl groups excluding tert-OH is 2. The van der Waals surface area contributed by atoms with E-state index in [-0.39, 0.29) is 0 Å². The van der Waals surface area contributed by atoms with Gasteiger partial charge in [0.15, 0.2) is 0 Å². The third-order valence-electron chi connectivity index (χ3n) is 1.60. The van der Waals surface area contributed by atoms with Crippen LogP contribution in [0.3, 0.4) is 0 Å². The summed E-state index contributed by atoms with van der Waals surface area (Å²) < 4.78 is 0. The Bertz CT molecular complexity index is 143. The summed E-state index contributed by atoms with van der Waals surface area (Å²) in [4.78, 5) is 0. The van der Waals surface area contributed by atoms with Gasteiger partial charge in [-0.1, -0.05) is 6.92 Å². The molecule has 0 saturated heterocycles. The lowest BCUT2D eigenvalue weighted by Gasteiger charge is -2.13. The molecule has 0 aromatic carbocycles. The summed E-state index contributed by atoms with van der Waals surface area (Å²) in [6, 6.07) is 0. The van der Waals surface area contributed by atoms with Crippen molar-refractivity contribution in [3.63, 3.8) is 0 Å². The topological polar surface area (TPSA) is 40.5 Å². The Hall–Kier alpha value is -0.520. The van der Waals surface area contributed by atoms with Gasteiger partial charge < -0.3 is 10.2 Å². The minimum atomic E-state index is -0.610. The van der Waals surface area contributed by atoms with Crippen LogP contribution in [0, 0.1) is 11.8 Å². The van der Waals surface area contributed by atoms with Crippen LogP contribution >= 0.6 is 0 Å². The molecule has 2 unspecified atom stereocenters. The SMILES string of the molecule is CC#CCCC(O)C(O)CC. The molecule has 0 amide bonds. The van der Waals surface area contributed by atoms with Crippen LogP contribution in [0.15, 0.2) is 0 Å². The predicted molar refractivity (Wildman–Crippen MR) is 45.0 cm³/mol. The molecular weight excluding hydrogens is 140 g/mol. The maximum atomic E-state index is 9.23. The van der Waals surface area contributed by atoms with E-state index in [4.69, 9.17) is 5.11 Å². The number of hydrogen-bond donors (Lipinski definition) is 2. The molecule has 0 aliphatic heterocycles. The van der Waals surface area contributed by atoms with E-state index in [0.717, 1.165) is 0 Å². The Morgan fingerprint density at radius 1 is 1.27 bits per heavy atom. The fourth-order valence-corrected chi connectivity index (χ4v) is 0.810. The summed E-state index contributed by atoms with van der Waals surface area (Å²) in [7, 11) is 0. The van der Waals surface area contributed by atoms with Crippen LogP contribution in [0.1, 0.15) is 33.1 Å². The van der Waals surface area contributed by atoms with Gasteiger partial charge in [0.05, 0.1) is 12.2 Å². The number of rotatable bonds is 4. The fourth-order valence-electron chi connectivity index (χ4n) is 0.810. The van der Waals surface area contributed by atoms with Gasteiger partial charge in [0.1, 0.15) is 0 Å². The lowest BCUT2D eigenvalue weighted by atomic mass is 10.1. The van der Waals surface area contributed by atoms with E-state index in [0.29, 0.717) is 19.3 Å². The molecule has 2 heteroatoms. The van der Waals surface area contributed by atoms with Crippen LogP contribution in [-0.4, -0.2) is 22.4 Å². The predicted octanol–water partition coefficient (Wildman–Crippen LogP) is 0.922. The second-order valence-electron chi connectivity index (χ2n) is 2.51. The fraction of sp³-hybridized carbons (Fsp3) is 0.778. The second kappa shape index (κ2) is 6.21. The van der Waals surface area contributed by atoms with E-state index in [1.165, 1.54) is 0 Å². The van der Waals surface area contributed by atoms with Gasteiger partial charge in [-0.05, 0) is 19.8 Å². The Morgan fingerprint density at radius 2 is 1.91 bits per heavy atom. The molecule has 0 saturated carbocycles. The molecule has 0 spiro atoms. The molecule has 64 valence electrons. The van der Waals surface area contributed by atoms with Crippen molar-refractivity contribution >= 4 is 0 Å². The van der Waals surface area contributed by atoms with Crippen molar-refractivity contribution in [2.45, 2.75) is 45.3 Å². The summed E-state index contributed by atoms with van der Waals surface area (Å²) in [5.74, 6) is 5.57. The zero-order valence-electron chi connectivity index (χ0n) is 7.17. The van der Waals surface area contributed by atoms with Gasteiger partial charge in [-0.2, -0.15) is 0 Å². The maximum Gasteiger partial charge on any atom is 0.0808 e. The third kappa shape index (κ3) is 4.83. The summed E-state index contributed by atoms with van der Waals surface area (Å²) in [6.07, 6.45) is 0.625. The quantitative estimate of drug-likeness (QED) is 0.594. The Morgan fingerprint density at radius 3 is 2.36 bits per heavy atom. The first-order valence-corrected chi connectivity index (χ1v) is 3.98. The molecule has 11 heavy (non-hydrogen) atoms. The van der Waals surface area contributed by atoms with Crippen molar-refractivity contribution < 1.29 is 10.2 Å². The molecule has 0 bridgehead atoms. The second-order valence-corrected chi connectivity index (χ2v) is 2.51. The minimum Gasteiger partial charge on any atom is -0.390 e. The zero-order valence-corrected chi connectivity index (χ0v) is 7.17. The van der Waals surface area contributed by atoms with Gasteiger partial charge >= 0.3 is 0 Å². The van der Waals surface area contributed by atoms with Crippen molar-refractivity contribution in [1.29, 1.82) is 0 Å². The average molecular weight is 156 g/mol. The average Bonchev–Trinajstić information content (AvgIpc) is 2.03. The van der Waals surface area contributed by atoms with Crippen LogP contribution in [-0.2, 0) is 0 Å². The first-order valence-electron chi connectivity index (χ1n) is 3.98. The summed E-state index contributed by atoms with van der Waals surface area (Å²) in [6.45, 7) is 3.61. The largest absolute Gasteiger partial charge is 0.390 e. The van der Waals surface area contributed by atoms with Gasteiger partial charge in [-0.25, -0.2) is 0 Å². The highest BCUT2D eigenvalue weighted by Crippen LogP contribution is 2.04. The summed E-state index contributed by atoms with van der Waals surface area (Å²) in [5, 5.41) is 18.4. The highest BCUT2D eigenvalue weighted by molar-refractivity contribution is 4.95. The molecule has 0 aliphatic carbocycles. The van der Waals surface area contributed by atoms with Gasteiger partial charge in [-0.3, -0.25) is 0 Å². The Balaban J connectivity index is 3.48. The van der Waals surface area contributed by atoms with Crippen molar-refractivity contribution in [3.05, 3.63) is 0 Å². The zero-order chi connectivity index (χ0) is 8.69. The molecule has 0 rings (SSSR count). The van der Waals surface area contributed by atoms with Gasteiger partial charge in [-0.15, -0.1) is 11.8 Å². The molecule has 0 heterocycles. The van der Waals surface area contributed by atoms with E-state index < -0.39 is 12.2 Å². The van der Waals surface area contributed by atoms with Gasteiger partial charge in [0, 0.05) is 6.42 Å². The molecule has 2 nitrogen and oxygen atoms in total. The first-order chi connectivity index (χ1) is 5.22. The Labute approximate surface area is 68.2 Å². The van der Waals surface area contributed by atoms with Crippen LogP contribution in [0.2, 0.25) is 0 Å².